The fourth-order valence-electron chi connectivity index (χ4n) is 6.48. The van der Waals surface area contributed by atoms with Crippen LogP contribution in [0, 0.1) is 6.57 Å². The number of piperazine rings is 1. The van der Waals surface area contributed by atoms with E-state index in [1.807, 2.05) is 0 Å². The van der Waals surface area contributed by atoms with Crippen molar-refractivity contribution in [1.29, 1.82) is 0 Å². The van der Waals surface area contributed by atoms with Crippen molar-refractivity contribution in [2.75, 3.05) is 62.7 Å². The molecule has 0 unspecified atom stereocenters. The van der Waals surface area contributed by atoms with E-state index in [2.05, 4.69) is 75.6 Å². The van der Waals surface area contributed by atoms with Crippen LogP contribution in [0.2, 0.25) is 0 Å². The van der Waals surface area contributed by atoms with Crippen molar-refractivity contribution >= 4 is 28.2 Å². The number of hydrogen-bond donors (Lipinski definition) is 0. The first kappa shape index (κ1) is 27.0. The van der Waals surface area contributed by atoms with Gasteiger partial charge >= 0.3 is 6.01 Å². The van der Waals surface area contributed by atoms with Crippen LogP contribution in [0.5, 0.6) is 6.01 Å². The molecule has 0 spiro atoms. The summed E-state index contributed by atoms with van der Waals surface area (Å²) in [6, 6.07) is 15.5. The van der Waals surface area contributed by atoms with Gasteiger partial charge in [0, 0.05) is 48.9 Å². The lowest BCUT2D eigenvalue weighted by Gasteiger charge is -2.41. The number of rotatable bonds is 7. The Balaban J connectivity index is 1.33. The highest BCUT2D eigenvalue weighted by molar-refractivity contribution is 5.94. The van der Waals surface area contributed by atoms with Gasteiger partial charge in [0.15, 0.2) is 0 Å². The molecule has 2 fully saturated rings. The van der Waals surface area contributed by atoms with Crippen molar-refractivity contribution < 1.29 is 9.53 Å². The summed E-state index contributed by atoms with van der Waals surface area (Å²) in [5, 5.41) is 2.46. The number of nitrogens with zero attached hydrogens (tertiary/aromatic N) is 7. The van der Waals surface area contributed by atoms with Crippen molar-refractivity contribution in [1.82, 2.24) is 19.8 Å². The highest BCUT2D eigenvalue weighted by Gasteiger charge is 2.35. The van der Waals surface area contributed by atoms with E-state index in [0.29, 0.717) is 44.8 Å². The molecule has 3 aromatic rings. The molecule has 0 aliphatic carbocycles. The molecule has 1 amide bonds. The number of likely N-dealkylation sites (tertiary alicyclic amines) is 1. The molecule has 0 bridgehead atoms. The zero-order chi connectivity index (χ0) is 28.3. The fraction of sp³-hybridized carbons (Fsp3) is 0.438. The summed E-state index contributed by atoms with van der Waals surface area (Å²) in [4.78, 5) is 34.8. The smallest absolute Gasteiger partial charge is 0.318 e. The molecule has 2 aromatic carbocycles. The van der Waals surface area contributed by atoms with Crippen LogP contribution in [0.1, 0.15) is 24.1 Å². The zero-order valence-corrected chi connectivity index (χ0v) is 23.7. The van der Waals surface area contributed by atoms with E-state index in [1.165, 1.54) is 29.0 Å². The number of benzene rings is 2. The number of carbonyl (C=O) groups excluding carboxylic acids is 1. The van der Waals surface area contributed by atoms with E-state index in [4.69, 9.17) is 21.3 Å². The maximum atomic E-state index is 12.5. The van der Waals surface area contributed by atoms with Crippen molar-refractivity contribution in [2.24, 2.45) is 0 Å². The minimum atomic E-state index is -0.218. The van der Waals surface area contributed by atoms with Crippen LogP contribution in [0.4, 0.5) is 11.5 Å². The van der Waals surface area contributed by atoms with Crippen LogP contribution >= 0.6 is 0 Å². The van der Waals surface area contributed by atoms with E-state index in [0.717, 1.165) is 43.0 Å². The molecule has 9 nitrogen and oxygen atoms in total. The molecule has 9 heteroatoms. The van der Waals surface area contributed by atoms with Gasteiger partial charge in [0.1, 0.15) is 18.5 Å². The minimum Gasteiger partial charge on any atom is -0.462 e. The Labute approximate surface area is 241 Å². The highest BCUT2D eigenvalue weighted by Crippen LogP contribution is 2.35. The highest BCUT2D eigenvalue weighted by atomic mass is 16.5. The Hall–Kier alpha value is -4.16. The normalized spacial score (nSPS) is 21.0. The third kappa shape index (κ3) is 5.44. The van der Waals surface area contributed by atoms with Crippen LogP contribution in [-0.2, 0) is 17.8 Å². The van der Waals surface area contributed by atoms with Crippen LogP contribution in [0.15, 0.2) is 55.1 Å². The summed E-state index contributed by atoms with van der Waals surface area (Å²) >= 11 is 0. The number of amides is 1. The van der Waals surface area contributed by atoms with E-state index in [1.54, 1.807) is 4.90 Å². The van der Waals surface area contributed by atoms with Crippen LogP contribution in [0.25, 0.3) is 15.6 Å². The summed E-state index contributed by atoms with van der Waals surface area (Å²) < 4.78 is 6.28. The molecular formula is C32H37N7O2. The molecule has 0 N–H and O–H groups in total. The monoisotopic (exact) mass is 551 g/mol. The number of anilines is 2. The molecule has 0 radical (unpaired) electrons. The van der Waals surface area contributed by atoms with Crippen molar-refractivity contribution in [3.63, 3.8) is 0 Å². The standard InChI is InChI=1S/C32H37N7O2/c1-4-30(40)39-18-17-38(20-25(39)19-33-2)31-27-14-16-37(29-13-7-10-23-9-5-6-12-26(23)29)21-28(27)34-32(35-31)41-22-24-11-8-15-36(24)3/h4-7,9-10,12-13,24-25H,1,8,11,14-22H2,3H3/t24-,25-/m0/s1. The average Bonchev–Trinajstić information content (AvgIpc) is 3.43. The van der Waals surface area contributed by atoms with Gasteiger partial charge in [-0.05, 0) is 50.4 Å². The van der Waals surface area contributed by atoms with E-state index in [9.17, 15) is 4.79 Å². The van der Waals surface area contributed by atoms with Crippen LogP contribution in [-0.4, -0.2) is 90.7 Å². The Kier molecular flexibility index (Phi) is 7.75. The number of carbonyl (C=O) groups is 1. The second kappa shape index (κ2) is 11.8. The maximum Gasteiger partial charge on any atom is 0.318 e. The summed E-state index contributed by atoms with van der Waals surface area (Å²) in [5.41, 5.74) is 3.32. The number of fused-ring (bicyclic) bond motifs is 2. The maximum absolute atomic E-state index is 12.5. The van der Waals surface area contributed by atoms with Gasteiger partial charge in [0.05, 0.1) is 12.2 Å². The molecule has 41 heavy (non-hydrogen) atoms. The van der Waals surface area contributed by atoms with Crippen molar-refractivity contribution in [3.8, 4) is 6.01 Å². The fourth-order valence-corrected chi connectivity index (χ4v) is 6.48. The number of hydrogen-bond acceptors (Lipinski definition) is 7. The van der Waals surface area contributed by atoms with Crippen LogP contribution < -0.4 is 14.5 Å². The lowest BCUT2D eigenvalue weighted by atomic mass is 10.0. The first-order valence-corrected chi connectivity index (χ1v) is 14.5. The molecule has 0 saturated carbocycles. The van der Waals surface area contributed by atoms with Gasteiger partial charge in [0.25, 0.3) is 0 Å². The predicted molar refractivity (Wildman–Crippen MR) is 161 cm³/mol. The quantitative estimate of drug-likeness (QED) is 0.327. The molecule has 1 aromatic heterocycles. The van der Waals surface area contributed by atoms with Gasteiger partial charge in [-0.1, -0.05) is 43.0 Å². The second-order valence-corrected chi connectivity index (χ2v) is 11.2. The Morgan fingerprint density at radius 3 is 2.76 bits per heavy atom. The van der Waals surface area contributed by atoms with Crippen molar-refractivity contribution in [2.45, 2.75) is 37.9 Å². The van der Waals surface area contributed by atoms with Crippen molar-refractivity contribution in [3.05, 3.63) is 77.8 Å². The van der Waals surface area contributed by atoms with Gasteiger partial charge in [-0.15, -0.1) is 0 Å². The first-order chi connectivity index (χ1) is 20.1. The zero-order valence-electron chi connectivity index (χ0n) is 23.7. The van der Waals surface area contributed by atoms with Gasteiger partial charge in [-0.3, -0.25) is 4.79 Å². The van der Waals surface area contributed by atoms with E-state index >= 15 is 0 Å². The molecule has 4 heterocycles. The average molecular weight is 552 g/mol. The second-order valence-electron chi connectivity index (χ2n) is 11.2. The predicted octanol–water partition coefficient (Wildman–Crippen LogP) is 3.79. The summed E-state index contributed by atoms with van der Waals surface area (Å²) in [6.45, 7) is 16.3. The molecular weight excluding hydrogens is 514 g/mol. The lowest BCUT2D eigenvalue weighted by molar-refractivity contribution is -0.128. The first-order valence-electron chi connectivity index (χ1n) is 14.5. The Morgan fingerprint density at radius 2 is 1.95 bits per heavy atom. The third-order valence-corrected chi connectivity index (χ3v) is 8.75. The van der Waals surface area contributed by atoms with E-state index < -0.39 is 0 Å². The van der Waals surface area contributed by atoms with E-state index in [-0.39, 0.29) is 18.5 Å². The largest absolute Gasteiger partial charge is 0.462 e. The molecule has 2 atom stereocenters. The summed E-state index contributed by atoms with van der Waals surface area (Å²) in [5.74, 6) is 0.751. The lowest BCUT2D eigenvalue weighted by Crippen LogP contribution is -2.56. The number of aromatic nitrogens is 2. The Morgan fingerprint density at radius 1 is 1.10 bits per heavy atom. The third-order valence-electron chi connectivity index (χ3n) is 8.75. The van der Waals surface area contributed by atoms with Gasteiger partial charge < -0.3 is 29.2 Å². The Bertz CT molecular complexity index is 1480. The molecule has 212 valence electrons. The summed E-state index contributed by atoms with van der Waals surface area (Å²) in [6.07, 6.45) is 4.43. The topological polar surface area (TPSA) is 69.4 Å². The molecule has 3 aliphatic rings. The van der Waals surface area contributed by atoms with Crippen LogP contribution in [0.3, 0.4) is 0 Å². The number of likely N-dealkylation sites (N-methyl/N-ethyl adjacent to an activating group) is 1. The van der Waals surface area contributed by atoms with Gasteiger partial charge in [0.2, 0.25) is 12.5 Å². The SMILES string of the molecule is [C-]#[N+]C[C@H]1CN(c2nc(OC[C@@H]3CCCN3C)nc3c2CCN(c2cccc4ccccc24)C3)CCN1C(=O)C=C. The summed E-state index contributed by atoms with van der Waals surface area (Å²) in [7, 11) is 2.14. The molecule has 2 saturated heterocycles. The molecule has 3 aliphatic heterocycles. The number of ether oxygens (including phenoxy) is 1. The van der Waals surface area contributed by atoms with Gasteiger partial charge in [-0.2, -0.15) is 9.97 Å². The van der Waals surface area contributed by atoms with Gasteiger partial charge in [-0.25, -0.2) is 6.57 Å². The minimum absolute atomic E-state index is 0.126. The molecule has 6 rings (SSSR count).